The lowest BCUT2D eigenvalue weighted by Gasteiger charge is -2.09. The standard InChI is InChI=1S/C16H15N3O2S/c20-15(17-8-7-12-4-3-9-22-12)11-19-14-6-2-1-5-13(14)18-10-16(19)21/h1-6,9-10H,7-8,11H2,(H,17,20). The lowest BCUT2D eigenvalue weighted by Crippen LogP contribution is -2.33. The zero-order valence-corrected chi connectivity index (χ0v) is 12.7. The van der Waals surface area contributed by atoms with Gasteiger partial charge >= 0.3 is 0 Å². The molecule has 0 aliphatic carbocycles. The number of nitrogens with one attached hydrogen (secondary N) is 1. The maximum atomic E-state index is 12.0. The first-order valence-corrected chi connectivity index (χ1v) is 7.86. The Hall–Kier alpha value is -2.47. The van der Waals surface area contributed by atoms with Gasteiger partial charge in [-0.3, -0.25) is 14.2 Å². The number of nitrogens with zero attached hydrogens (tertiary/aromatic N) is 2. The number of carbonyl (C=O) groups is 1. The normalized spacial score (nSPS) is 10.7. The third kappa shape index (κ3) is 3.23. The first kappa shape index (κ1) is 14.5. The van der Waals surface area contributed by atoms with Gasteiger partial charge in [0.25, 0.3) is 5.56 Å². The molecule has 1 N–H and O–H groups in total. The quantitative estimate of drug-likeness (QED) is 0.781. The number of rotatable bonds is 5. The van der Waals surface area contributed by atoms with Crippen molar-refractivity contribution in [3.05, 3.63) is 63.2 Å². The molecule has 0 atom stereocenters. The molecule has 6 heteroatoms. The lowest BCUT2D eigenvalue weighted by atomic mass is 10.3. The van der Waals surface area contributed by atoms with E-state index in [0.29, 0.717) is 17.6 Å². The van der Waals surface area contributed by atoms with Crippen LogP contribution in [-0.2, 0) is 17.8 Å². The van der Waals surface area contributed by atoms with Gasteiger partial charge in [-0.05, 0) is 30.0 Å². The van der Waals surface area contributed by atoms with Crippen LogP contribution < -0.4 is 10.9 Å². The van der Waals surface area contributed by atoms with Gasteiger partial charge in [-0.25, -0.2) is 4.98 Å². The van der Waals surface area contributed by atoms with Gasteiger partial charge in [0.2, 0.25) is 5.91 Å². The van der Waals surface area contributed by atoms with Crippen LogP contribution in [0, 0.1) is 0 Å². The summed E-state index contributed by atoms with van der Waals surface area (Å²) >= 11 is 1.67. The minimum Gasteiger partial charge on any atom is -0.354 e. The summed E-state index contributed by atoms with van der Waals surface area (Å²) in [6.07, 6.45) is 2.05. The van der Waals surface area contributed by atoms with E-state index in [1.54, 1.807) is 17.4 Å². The SMILES string of the molecule is O=C(Cn1c(=O)cnc2ccccc21)NCCc1cccs1. The molecule has 0 aliphatic rings. The Kier molecular flexibility index (Phi) is 4.29. The van der Waals surface area contributed by atoms with E-state index in [1.807, 2.05) is 35.7 Å². The fourth-order valence-corrected chi connectivity index (χ4v) is 2.97. The van der Waals surface area contributed by atoms with E-state index >= 15 is 0 Å². The second-order valence-corrected chi connectivity index (χ2v) is 5.88. The number of carbonyl (C=O) groups excluding carboxylic acids is 1. The van der Waals surface area contributed by atoms with E-state index in [0.717, 1.165) is 6.42 Å². The number of hydrogen-bond donors (Lipinski definition) is 1. The number of amides is 1. The van der Waals surface area contributed by atoms with E-state index in [-0.39, 0.29) is 18.0 Å². The summed E-state index contributed by atoms with van der Waals surface area (Å²) in [5.41, 5.74) is 1.10. The van der Waals surface area contributed by atoms with Crippen molar-refractivity contribution in [2.75, 3.05) is 6.54 Å². The van der Waals surface area contributed by atoms with E-state index < -0.39 is 0 Å². The lowest BCUT2D eigenvalue weighted by molar-refractivity contribution is -0.121. The van der Waals surface area contributed by atoms with Gasteiger partial charge in [0, 0.05) is 11.4 Å². The molecule has 1 amide bonds. The van der Waals surface area contributed by atoms with Crippen LogP contribution in [0.1, 0.15) is 4.88 Å². The van der Waals surface area contributed by atoms with Crippen molar-refractivity contribution in [2.24, 2.45) is 0 Å². The van der Waals surface area contributed by atoms with E-state index in [4.69, 9.17) is 0 Å². The molecular weight excluding hydrogens is 298 g/mol. The molecule has 112 valence electrons. The molecule has 2 heterocycles. The fourth-order valence-electron chi connectivity index (χ4n) is 2.26. The van der Waals surface area contributed by atoms with E-state index in [1.165, 1.54) is 15.6 Å². The van der Waals surface area contributed by atoms with Crippen LogP contribution in [0.15, 0.2) is 52.8 Å². The molecule has 0 bridgehead atoms. The molecule has 0 radical (unpaired) electrons. The number of aromatic nitrogens is 2. The predicted octanol–water partition coefficient (Wildman–Crippen LogP) is 1.82. The second kappa shape index (κ2) is 6.53. The summed E-state index contributed by atoms with van der Waals surface area (Å²) in [4.78, 5) is 29.3. The highest BCUT2D eigenvalue weighted by Gasteiger charge is 2.08. The highest BCUT2D eigenvalue weighted by atomic mass is 32.1. The maximum absolute atomic E-state index is 12.0. The third-order valence-electron chi connectivity index (χ3n) is 3.33. The number of fused-ring (bicyclic) bond motifs is 1. The summed E-state index contributed by atoms with van der Waals surface area (Å²) in [7, 11) is 0. The molecule has 5 nitrogen and oxygen atoms in total. The predicted molar refractivity (Wildman–Crippen MR) is 87.0 cm³/mol. The largest absolute Gasteiger partial charge is 0.354 e. The molecule has 2 aromatic heterocycles. The van der Waals surface area contributed by atoms with Crippen LogP contribution in [0.2, 0.25) is 0 Å². The third-order valence-corrected chi connectivity index (χ3v) is 4.26. The summed E-state index contributed by atoms with van der Waals surface area (Å²) in [5, 5.41) is 4.86. The zero-order chi connectivity index (χ0) is 15.4. The molecule has 0 unspecified atom stereocenters. The first-order valence-electron chi connectivity index (χ1n) is 6.98. The molecule has 0 fully saturated rings. The Morgan fingerprint density at radius 1 is 1.23 bits per heavy atom. The Labute approximate surface area is 131 Å². The molecule has 3 rings (SSSR count). The molecule has 3 aromatic rings. The molecule has 0 saturated heterocycles. The van der Waals surface area contributed by atoms with Gasteiger partial charge in [0.05, 0.1) is 17.2 Å². The molecule has 22 heavy (non-hydrogen) atoms. The van der Waals surface area contributed by atoms with Crippen LogP contribution in [0.25, 0.3) is 11.0 Å². The fraction of sp³-hybridized carbons (Fsp3) is 0.188. The van der Waals surface area contributed by atoms with Crippen molar-refractivity contribution in [2.45, 2.75) is 13.0 Å². The molecule has 0 spiro atoms. The zero-order valence-electron chi connectivity index (χ0n) is 11.9. The molecule has 1 aromatic carbocycles. The monoisotopic (exact) mass is 313 g/mol. The average Bonchev–Trinajstić information content (AvgIpc) is 3.03. The summed E-state index contributed by atoms with van der Waals surface area (Å²) < 4.78 is 1.45. The minimum absolute atomic E-state index is 0.00626. The van der Waals surface area contributed by atoms with Gasteiger partial charge in [-0.1, -0.05) is 18.2 Å². The Morgan fingerprint density at radius 3 is 2.91 bits per heavy atom. The summed E-state index contributed by atoms with van der Waals surface area (Å²) in [6, 6.07) is 11.3. The number of hydrogen-bond acceptors (Lipinski definition) is 4. The number of thiophene rings is 1. The highest BCUT2D eigenvalue weighted by Crippen LogP contribution is 2.09. The van der Waals surface area contributed by atoms with E-state index in [9.17, 15) is 9.59 Å². The van der Waals surface area contributed by atoms with Crippen molar-refractivity contribution in [3.8, 4) is 0 Å². The molecule has 0 saturated carbocycles. The molecular formula is C16H15N3O2S. The summed E-state index contributed by atoms with van der Waals surface area (Å²) in [6.45, 7) is 0.573. The van der Waals surface area contributed by atoms with E-state index in [2.05, 4.69) is 10.3 Å². The Balaban J connectivity index is 1.69. The summed E-state index contributed by atoms with van der Waals surface area (Å²) in [5.74, 6) is -0.171. The second-order valence-electron chi connectivity index (χ2n) is 4.85. The van der Waals surface area contributed by atoms with Crippen LogP contribution in [0.5, 0.6) is 0 Å². The maximum Gasteiger partial charge on any atom is 0.269 e. The number of benzene rings is 1. The van der Waals surface area contributed by atoms with Crippen molar-refractivity contribution < 1.29 is 4.79 Å². The van der Waals surface area contributed by atoms with Gasteiger partial charge in [-0.15, -0.1) is 11.3 Å². The molecule has 0 aliphatic heterocycles. The Morgan fingerprint density at radius 2 is 2.09 bits per heavy atom. The van der Waals surface area contributed by atoms with Crippen molar-refractivity contribution in [3.63, 3.8) is 0 Å². The van der Waals surface area contributed by atoms with Gasteiger partial charge in [-0.2, -0.15) is 0 Å². The topological polar surface area (TPSA) is 64.0 Å². The van der Waals surface area contributed by atoms with Gasteiger partial charge < -0.3 is 5.32 Å². The van der Waals surface area contributed by atoms with Crippen LogP contribution in [-0.4, -0.2) is 22.0 Å². The van der Waals surface area contributed by atoms with Crippen LogP contribution in [0.3, 0.4) is 0 Å². The Bertz CT molecular complexity index is 840. The van der Waals surface area contributed by atoms with Crippen molar-refractivity contribution in [1.29, 1.82) is 0 Å². The van der Waals surface area contributed by atoms with Gasteiger partial charge in [0.15, 0.2) is 0 Å². The van der Waals surface area contributed by atoms with Crippen LogP contribution in [0.4, 0.5) is 0 Å². The van der Waals surface area contributed by atoms with Gasteiger partial charge in [0.1, 0.15) is 6.54 Å². The van der Waals surface area contributed by atoms with Crippen molar-refractivity contribution in [1.82, 2.24) is 14.9 Å². The number of para-hydroxylation sites is 2. The smallest absolute Gasteiger partial charge is 0.269 e. The first-order chi connectivity index (χ1) is 10.7. The van der Waals surface area contributed by atoms with Crippen LogP contribution >= 0.6 is 11.3 Å². The average molecular weight is 313 g/mol. The highest BCUT2D eigenvalue weighted by molar-refractivity contribution is 7.09. The minimum atomic E-state index is -0.271. The van der Waals surface area contributed by atoms with Crippen molar-refractivity contribution >= 4 is 28.3 Å².